The van der Waals surface area contributed by atoms with Crippen molar-refractivity contribution in [1.29, 1.82) is 0 Å². The van der Waals surface area contributed by atoms with Crippen molar-refractivity contribution in [2.24, 2.45) is 5.92 Å². The molecule has 0 spiro atoms. The summed E-state index contributed by atoms with van der Waals surface area (Å²) in [5.41, 5.74) is 0.242. The average Bonchev–Trinajstić information content (AvgIpc) is 3.08. The summed E-state index contributed by atoms with van der Waals surface area (Å²) in [6, 6.07) is 0. The van der Waals surface area contributed by atoms with E-state index in [1.165, 1.54) is 28.7 Å². The van der Waals surface area contributed by atoms with Gasteiger partial charge in [0.15, 0.2) is 0 Å². The van der Waals surface area contributed by atoms with Crippen LogP contribution in [0.2, 0.25) is 0 Å². The van der Waals surface area contributed by atoms with E-state index in [1.54, 1.807) is 6.92 Å². The van der Waals surface area contributed by atoms with Crippen LogP contribution in [0.25, 0.3) is 10.2 Å². The zero-order chi connectivity index (χ0) is 22.0. The Morgan fingerprint density at radius 3 is 2.58 bits per heavy atom. The fraction of sp³-hybridized carbons (Fsp3) is 0.652. The Morgan fingerprint density at radius 2 is 1.84 bits per heavy atom. The van der Waals surface area contributed by atoms with Crippen LogP contribution in [0.1, 0.15) is 79.9 Å². The quantitative estimate of drug-likeness (QED) is 0.634. The highest BCUT2D eigenvalue weighted by atomic mass is 32.1. The SMILES string of the molecule is Cc1c(C(=O)OC2CCCCC2)sc2ncn(CC(=O)OC3CCCC(C)C3)c(=O)c12. The minimum atomic E-state index is -0.424. The highest BCUT2D eigenvalue weighted by Crippen LogP contribution is 2.30. The highest BCUT2D eigenvalue weighted by molar-refractivity contribution is 7.20. The van der Waals surface area contributed by atoms with Crippen LogP contribution in [0.3, 0.4) is 0 Å². The van der Waals surface area contributed by atoms with Crippen LogP contribution in [0.4, 0.5) is 0 Å². The van der Waals surface area contributed by atoms with Crippen LogP contribution in [-0.4, -0.2) is 33.7 Å². The number of hydrogen-bond donors (Lipinski definition) is 0. The number of fused-ring (bicyclic) bond motifs is 1. The molecule has 168 valence electrons. The van der Waals surface area contributed by atoms with Gasteiger partial charge in [-0.25, -0.2) is 9.78 Å². The summed E-state index contributed by atoms with van der Waals surface area (Å²) in [5.74, 6) is -0.260. The first-order valence-corrected chi connectivity index (χ1v) is 12.1. The monoisotopic (exact) mass is 446 g/mol. The number of thiophene rings is 1. The summed E-state index contributed by atoms with van der Waals surface area (Å²) in [4.78, 5) is 43.4. The van der Waals surface area contributed by atoms with Crippen molar-refractivity contribution in [3.8, 4) is 0 Å². The second kappa shape index (κ2) is 9.51. The number of rotatable bonds is 5. The first kappa shape index (κ1) is 22.0. The lowest BCUT2D eigenvalue weighted by Crippen LogP contribution is -2.30. The molecule has 2 fully saturated rings. The maximum Gasteiger partial charge on any atom is 0.348 e. The van der Waals surface area contributed by atoms with E-state index in [0.29, 0.717) is 26.6 Å². The van der Waals surface area contributed by atoms with E-state index in [4.69, 9.17) is 9.47 Å². The minimum Gasteiger partial charge on any atom is -0.461 e. The largest absolute Gasteiger partial charge is 0.461 e. The molecule has 2 aliphatic carbocycles. The summed E-state index contributed by atoms with van der Waals surface area (Å²) in [5, 5.41) is 0.377. The van der Waals surface area contributed by atoms with Crippen LogP contribution >= 0.6 is 11.3 Å². The van der Waals surface area contributed by atoms with Crippen LogP contribution in [0.15, 0.2) is 11.1 Å². The number of carbonyl (C=O) groups excluding carboxylic acids is 2. The predicted octanol–water partition coefficient (Wildman–Crippen LogP) is 4.38. The third kappa shape index (κ3) is 5.00. The third-order valence-corrected chi connectivity index (χ3v) is 7.59. The predicted molar refractivity (Wildman–Crippen MR) is 118 cm³/mol. The van der Waals surface area contributed by atoms with E-state index >= 15 is 0 Å². The minimum absolute atomic E-state index is 0.0484. The molecule has 0 amide bonds. The molecule has 0 aliphatic heterocycles. The molecule has 7 nitrogen and oxygen atoms in total. The second-order valence-electron chi connectivity index (χ2n) is 8.96. The lowest BCUT2D eigenvalue weighted by atomic mass is 9.89. The van der Waals surface area contributed by atoms with E-state index < -0.39 is 5.97 Å². The summed E-state index contributed by atoms with van der Waals surface area (Å²) in [6.45, 7) is 3.73. The molecule has 8 heteroatoms. The Bertz CT molecular complexity index is 1020. The van der Waals surface area contributed by atoms with E-state index in [2.05, 4.69) is 11.9 Å². The zero-order valence-electron chi connectivity index (χ0n) is 18.2. The van der Waals surface area contributed by atoms with Gasteiger partial charge >= 0.3 is 11.9 Å². The number of nitrogens with zero attached hydrogens (tertiary/aromatic N) is 2. The molecular weight excluding hydrogens is 416 g/mol. The number of hydrogen-bond acceptors (Lipinski definition) is 7. The van der Waals surface area contributed by atoms with Crippen LogP contribution in [-0.2, 0) is 20.8 Å². The topological polar surface area (TPSA) is 87.5 Å². The van der Waals surface area contributed by atoms with Gasteiger partial charge < -0.3 is 9.47 Å². The van der Waals surface area contributed by atoms with Crippen molar-refractivity contribution < 1.29 is 19.1 Å². The summed E-state index contributed by atoms with van der Waals surface area (Å²) in [7, 11) is 0. The fourth-order valence-corrected chi connectivity index (χ4v) is 5.72. The van der Waals surface area contributed by atoms with Crippen LogP contribution in [0, 0.1) is 12.8 Å². The maximum absolute atomic E-state index is 13.0. The van der Waals surface area contributed by atoms with Gasteiger partial charge in [-0.15, -0.1) is 11.3 Å². The van der Waals surface area contributed by atoms with Crippen molar-refractivity contribution in [2.45, 2.75) is 90.4 Å². The van der Waals surface area contributed by atoms with E-state index in [9.17, 15) is 14.4 Å². The van der Waals surface area contributed by atoms with Gasteiger partial charge in [0.25, 0.3) is 5.56 Å². The molecule has 2 aliphatic rings. The second-order valence-corrected chi connectivity index (χ2v) is 9.96. The third-order valence-electron chi connectivity index (χ3n) is 6.41. The molecule has 0 bridgehead atoms. The molecule has 2 unspecified atom stereocenters. The van der Waals surface area contributed by atoms with Crippen LogP contribution in [0.5, 0.6) is 0 Å². The number of aryl methyl sites for hydroxylation is 1. The Hall–Kier alpha value is -2.22. The molecule has 2 aromatic rings. The van der Waals surface area contributed by atoms with Gasteiger partial charge in [-0.1, -0.05) is 19.8 Å². The Balaban J connectivity index is 1.49. The zero-order valence-corrected chi connectivity index (χ0v) is 19.0. The van der Waals surface area contributed by atoms with Gasteiger partial charge in [0.05, 0.1) is 11.7 Å². The molecule has 2 aromatic heterocycles. The molecule has 0 aromatic carbocycles. The molecule has 2 heterocycles. The van der Waals surface area contributed by atoms with Crippen LogP contribution < -0.4 is 5.56 Å². The maximum atomic E-state index is 13.0. The van der Waals surface area contributed by atoms with Crippen molar-refractivity contribution in [3.63, 3.8) is 0 Å². The number of ether oxygens (including phenoxy) is 2. The first-order valence-electron chi connectivity index (χ1n) is 11.3. The summed E-state index contributed by atoms with van der Waals surface area (Å²) >= 11 is 1.18. The Kier molecular flexibility index (Phi) is 6.74. The highest BCUT2D eigenvalue weighted by Gasteiger charge is 2.26. The molecule has 2 atom stereocenters. The lowest BCUT2D eigenvalue weighted by molar-refractivity contribution is -0.152. The average molecular weight is 447 g/mol. The Morgan fingerprint density at radius 1 is 1.10 bits per heavy atom. The molecule has 31 heavy (non-hydrogen) atoms. The molecule has 0 saturated heterocycles. The van der Waals surface area contributed by atoms with Gasteiger partial charge in [0.1, 0.15) is 28.5 Å². The Labute approximate surface area is 185 Å². The smallest absolute Gasteiger partial charge is 0.348 e. The molecular formula is C23H30N2O5S. The fourth-order valence-electron chi connectivity index (χ4n) is 4.70. The number of esters is 2. The van der Waals surface area contributed by atoms with E-state index in [0.717, 1.165) is 51.4 Å². The van der Waals surface area contributed by atoms with Gasteiger partial charge in [-0.3, -0.25) is 14.2 Å². The summed E-state index contributed by atoms with van der Waals surface area (Å²) in [6.07, 6.45) is 10.3. The van der Waals surface area contributed by atoms with Gasteiger partial charge in [0.2, 0.25) is 0 Å². The summed E-state index contributed by atoms with van der Waals surface area (Å²) < 4.78 is 12.5. The molecule has 0 radical (unpaired) electrons. The molecule has 0 N–H and O–H groups in total. The normalized spacial score (nSPS) is 22.4. The van der Waals surface area contributed by atoms with E-state index in [1.807, 2.05) is 0 Å². The van der Waals surface area contributed by atoms with Gasteiger partial charge in [-0.05, 0) is 63.4 Å². The van der Waals surface area contributed by atoms with Crippen molar-refractivity contribution >= 4 is 33.5 Å². The standard InChI is InChI=1S/C23H30N2O5S/c1-14-7-6-10-17(11-14)29-18(26)12-25-13-24-21-19(22(25)27)15(2)20(31-21)23(28)30-16-8-4-3-5-9-16/h13-14,16-17H,3-12H2,1-2H3. The lowest BCUT2D eigenvalue weighted by Gasteiger charge is -2.26. The van der Waals surface area contributed by atoms with Crippen molar-refractivity contribution in [3.05, 3.63) is 27.1 Å². The van der Waals surface area contributed by atoms with Gasteiger partial charge in [0, 0.05) is 0 Å². The number of aromatic nitrogens is 2. The molecule has 2 saturated carbocycles. The van der Waals surface area contributed by atoms with Crippen molar-refractivity contribution in [1.82, 2.24) is 9.55 Å². The first-order chi connectivity index (χ1) is 14.9. The van der Waals surface area contributed by atoms with Crippen molar-refractivity contribution in [2.75, 3.05) is 0 Å². The molecule has 4 rings (SSSR count). The van der Waals surface area contributed by atoms with E-state index in [-0.39, 0.29) is 30.3 Å². The number of carbonyl (C=O) groups is 2. The van der Waals surface area contributed by atoms with Gasteiger partial charge in [-0.2, -0.15) is 0 Å².